The van der Waals surface area contributed by atoms with Crippen LogP contribution in [0.5, 0.6) is 0 Å². The lowest BCUT2D eigenvalue weighted by Gasteiger charge is -2.35. The van der Waals surface area contributed by atoms with Crippen LogP contribution >= 0.6 is 0 Å². The van der Waals surface area contributed by atoms with Gasteiger partial charge in [-0.1, -0.05) is 6.92 Å². The number of hydrogen-bond donors (Lipinski definition) is 1. The van der Waals surface area contributed by atoms with Gasteiger partial charge in [-0.05, 0) is 25.2 Å². The van der Waals surface area contributed by atoms with E-state index >= 15 is 0 Å². The third kappa shape index (κ3) is 3.23. The van der Waals surface area contributed by atoms with Crippen LogP contribution in [0.1, 0.15) is 26.2 Å². The maximum absolute atomic E-state index is 12.3. The molecule has 6 heteroatoms. The van der Waals surface area contributed by atoms with Crippen molar-refractivity contribution in [2.75, 3.05) is 39.3 Å². The molecule has 0 aromatic heterocycles. The minimum atomic E-state index is -3.18. The third-order valence-corrected chi connectivity index (χ3v) is 6.50. The molecule has 1 unspecified atom stereocenters. The van der Waals surface area contributed by atoms with Crippen LogP contribution in [-0.2, 0) is 10.0 Å². The maximum Gasteiger partial charge on any atom is 0.218 e. The van der Waals surface area contributed by atoms with Crippen molar-refractivity contribution in [1.82, 2.24) is 9.21 Å². The Bertz CT molecular complexity index is 356. The number of nitrogens with two attached hydrogens (primary N) is 1. The van der Waals surface area contributed by atoms with Gasteiger partial charge in [0.2, 0.25) is 10.0 Å². The minimum Gasteiger partial charge on any atom is -0.329 e. The van der Waals surface area contributed by atoms with Crippen molar-refractivity contribution < 1.29 is 8.42 Å². The Labute approximate surface area is 110 Å². The highest BCUT2D eigenvalue weighted by atomic mass is 32.2. The lowest BCUT2D eigenvalue weighted by atomic mass is 10.3. The fourth-order valence-electron chi connectivity index (χ4n) is 2.54. The summed E-state index contributed by atoms with van der Waals surface area (Å²) in [5.74, 6) is 0.876. The van der Waals surface area contributed by atoms with Gasteiger partial charge in [-0.25, -0.2) is 8.42 Å². The molecule has 0 amide bonds. The van der Waals surface area contributed by atoms with E-state index in [1.54, 1.807) is 4.31 Å². The van der Waals surface area contributed by atoms with Gasteiger partial charge in [-0.15, -0.1) is 0 Å². The maximum atomic E-state index is 12.3. The average Bonchev–Trinajstić information content (AvgIpc) is 3.15. The number of hydrogen-bond acceptors (Lipinski definition) is 4. The van der Waals surface area contributed by atoms with E-state index in [-0.39, 0.29) is 6.54 Å². The van der Waals surface area contributed by atoms with E-state index in [1.807, 2.05) is 6.92 Å². The molecule has 2 rings (SSSR count). The first kappa shape index (κ1) is 14.2. The molecular formula is C12H25N3O2S. The van der Waals surface area contributed by atoms with Crippen molar-refractivity contribution in [2.45, 2.75) is 31.4 Å². The second-order valence-electron chi connectivity index (χ2n) is 5.45. The zero-order chi connectivity index (χ0) is 13.2. The zero-order valence-electron chi connectivity index (χ0n) is 11.2. The normalized spacial score (nSPS) is 25.2. The molecule has 0 bridgehead atoms. The average molecular weight is 275 g/mol. The smallest absolute Gasteiger partial charge is 0.218 e. The van der Waals surface area contributed by atoms with Crippen molar-refractivity contribution in [1.29, 1.82) is 0 Å². The van der Waals surface area contributed by atoms with E-state index in [2.05, 4.69) is 4.90 Å². The standard InChI is InChI=1S/C12H25N3O2S/c1-2-12(9-13)18(16,17)15-7-5-14(6-8-15)10-11-3-4-11/h11-12H,2-10,13H2,1H3. The molecule has 1 atom stereocenters. The van der Waals surface area contributed by atoms with Gasteiger partial charge in [0, 0.05) is 39.3 Å². The molecule has 0 radical (unpaired) electrons. The Morgan fingerprint density at radius 2 is 1.83 bits per heavy atom. The highest BCUT2D eigenvalue weighted by molar-refractivity contribution is 7.89. The van der Waals surface area contributed by atoms with Gasteiger partial charge in [0.05, 0.1) is 5.25 Å². The second kappa shape index (κ2) is 5.86. The van der Waals surface area contributed by atoms with Gasteiger partial charge in [-0.3, -0.25) is 0 Å². The molecule has 1 aliphatic heterocycles. The molecule has 0 aromatic carbocycles. The highest BCUT2D eigenvalue weighted by Gasteiger charge is 2.33. The van der Waals surface area contributed by atoms with E-state index in [9.17, 15) is 8.42 Å². The summed E-state index contributed by atoms with van der Waals surface area (Å²) in [6.07, 6.45) is 3.30. The Morgan fingerprint density at radius 3 is 2.28 bits per heavy atom. The number of nitrogens with zero attached hydrogens (tertiary/aromatic N) is 2. The van der Waals surface area contributed by atoms with Crippen LogP contribution < -0.4 is 5.73 Å². The van der Waals surface area contributed by atoms with Gasteiger partial charge in [-0.2, -0.15) is 4.31 Å². The van der Waals surface area contributed by atoms with Crippen molar-refractivity contribution in [3.63, 3.8) is 0 Å². The Kier molecular flexibility index (Phi) is 4.64. The molecular weight excluding hydrogens is 250 g/mol. The SMILES string of the molecule is CCC(CN)S(=O)(=O)N1CCN(CC2CC2)CC1. The van der Waals surface area contributed by atoms with Gasteiger partial charge in [0.15, 0.2) is 0 Å². The summed E-state index contributed by atoms with van der Waals surface area (Å²) < 4.78 is 26.3. The van der Waals surface area contributed by atoms with Crippen LogP contribution in [0.25, 0.3) is 0 Å². The molecule has 2 N–H and O–H groups in total. The summed E-state index contributed by atoms with van der Waals surface area (Å²) in [4.78, 5) is 2.40. The van der Waals surface area contributed by atoms with E-state index in [1.165, 1.54) is 12.8 Å². The monoisotopic (exact) mass is 275 g/mol. The van der Waals surface area contributed by atoms with E-state index in [0.29, 0.717) is 19.5 Å². The Balaban J connectivity index is 1.87. The summed E-state index contributed by atoms with van der Waals surface area (Å²) in [5.41, 5.74) is 5.56. The van der Waals surface area contributed by atoms with E-state index in [0.717, 1.165) is 25.6 Å². The topological polar surface area (TPSA) is 66.6 Å². The van der Waals surface area contributed by atoms with Crippen LogP contribution in [-0.4, -0.2) is 62.1 Å². The molecule has 5 nitrogen and oxygen atoms in total. The van der Waals surface area contributed by atoms with Crippen molar-refractivity contribution in [2.24, 2.45) is 11.7 Å². The van der Waals surface area contributed by atoms with E-state index in [4.69, 9.17) is 5.73 Å². The predicted octanol–water partition coefficient (Wildman–Crippen LogP) is 0.0811. The summed E-state index contributed by atoms with van der Waals surface area (Å²) >= 11 is 0. The fourth-order valence-corrected chi connectivity index (χ4v) is 4.30. The molecule has 18 heavy (non-hydrogen) atoms. The molecule has 2 aliphatic rings. The lowest BCUT2D eigenvalue weighted by Crippen LogP contribution is -2.52. The molecule has 1 aliphatic carbocycles. The Hall–Kier alpha value is -0.170. The largest absolute Gasteiger partial charge is 0.329 e. The molecule has 106 valence electrons. The fraction of sp³-hybridized carbons (Fsp3) is 1.00. The quantitative estimate of drug-likeness (QED) is 0.745. The van der Waals surface area contributed by atoms with Crippen LogP contribution in [0.3, 0.4) is 0 Å². The first-order valence-corrected chi connectivity index (χ1v) is 8.49. The first-order chi connectivity index (χ1) is 8.57. The van der Waals surface area contributed by atoms with Gasteiger partial charge < -0.3 is 10.6 Å². The number of rotatable bonds is 6. The first-order valence-electron chi connectivity index (χ1n) is 6.99. The molecule has 1 heterocycles. The van der Waals surface area contributed by atoms with Crippen molar-refractivity contribution >= 4 is 10.0 Å². The van der Waals surface area contributed by atoms with E-state index < -0.39 is 15.3 Å². The second-order valence-corrected chi connectivity index (χ2v) is 7.67. The number of piperazine rings is 1. The summed E-state index contributed by atoms with van der Waals surface area (Å²) in [7, 11) is -3.18. The zero-order valence-corrected chi connectivity index (χ0v) is 12.0. The van der Waals surface area contributed by atoms with Crippen LogP contribution in [0.2, 0.25) is 0 Å². The van der Waals surface area contributed by atoms with Crippen LogP contribution in [0, 0.1) is 5.92 Å². The van der Waals surface area contributed by atoms with Gasteiger partial charge in [0.25, 0.3) is 0 Å². The lowest BCUT2D eigenvalue weighted by molar-refractivity contribution is 0.181. The summed E-state index contributed by atoms with van der Waals surface area (Å²) in [6, 6.07) is 0. The number of sulfonamides is 1. The third-order valence-electron chi connectivity index (χ3n) is 4.04. The molecule has 1 saturated heterocycles. The Morgan fingerprint density at radius 1 is 1.22 bits per heavy atom. The van der Waals surface area contributed by atoms with Gasteiger partial charge >= 0.3 is 0 Å². The van der Waals surface area contributed by atoms with Crippen molar-refractivity contribution in [3.05, 3.63) is 0 Å². The molecule has 0 aromatic rings. The van der Waals surface area contributed by atoms with Gasteiger partial charge in [0.1, 0.15) is 0 Å². The molecule has 2 fully saturated rings. The van der Waals surface area contributed by atoms with Crippen LogP contribution in [0.4, 0.5) is 0 Å². The van der Waals surface area contributed by atoms with Crippen LogP contribution in [0.15, 0.2) is 0 Å². The molecule has 1 saturated carbocycles. The van der Waals surface area contributed by atoms with Crippen molar-refractivity contribution in [3.8, 4) is 0 Å². The minimum absolute atomic E-state index is 0.223. The molecule has 0 spiro atoms. The predicted molar refractivity (Wildman–Crippen MR) is 72.8 cm³/mol. The summed E-state index contributed by atoms with van der Waals surface area (Å²) in [6.45, 7) is 6.27. The highest BCUT2D eigenvalue weighted by Crippen LogP contribution is 2.30. The summed E-state index contributed by atoms with van der Waals surface area (Å²) in [5, 5.41) is -0.410.